The molecule has 0 heterocycles. The van der Waals surface area contributed by atoms with Gasteiger partial charge in [-0.15, -0.1) is 0 Å². The van der Waals surface area contributed by atoms with Gasteiger partial charge in [0.1, 0.15) is 0 Å². The molecule has 43 heavy (non-hydrogen) atoms. The minimum atomic E-state index is 0.468. The highest BCUT2D eigenvalue weighted by molar-refractivity contribution is 8.00. The molecule has 0 radical (unpaired) electrons. The maximum absolute atomic E-state index is 5.45. The lowest BCUT2D eigenvalue weighted by atomic mass is 9.47. The fourth-order valence-electron chi connectivity index (χ4n) is 11.2. The number of rotatable bonds is 7. The molecule has 3 heteroatoms. The molecule has 5 aliphatic carbocycles. The Labute approximate surface area is 272 Å². The minimum absolute atomic E-state index is 0.468. The average Bonchev–Trinajstić information content (AvgIpc) is 2.92. The van der Waals surface area contributed by atoms with Gasteiger partial charge in [-0.2, -0.15) is 0 Å². The lowest BCUT2D eigenvalue weighted by molar-refractivity contribution is -0.0539. The fourth-order valence-corrected chi connectivity index (χ4v) is 11.6. The first-order chi connectivity index (χ1) is 20.2. The zero-order valence-electron chi connectivity index (χ0n) is 29.7. The molecule has 0 N–H and O–H groups in total. The summed E-state index contributed by atoms with van der Waals surface area (Å²) < 4.78 is 5.45. The van der Waals surface area contributed by atoms with E-state index in [1.54, 1.807) is 11.1 Å². The fraction of sp³-hybridized carbons (Fsp3) is 0.800. The topological polar surface area (TPSA) is 9.23 Å². The summed E-state index contributed by atoms with van der Waals surface area (Å²) in [6.07, 6.45) is 25.0. The summed E-state index contributed by atoms with van der Waals surface area (Å²) in [6, 6.07) is 0. The lowest BCUT2D eigenvalue weighted by Crippen LogP contribution is -2.49. The zero-order chi connectivity index (χ0) is 31.6. The van der Waals surface area contributed by atoms with Crippen LogP contribution in [-0.2, 0) is 4.52 Å². The normalized spacial score (nSPS) is 37.1. The SMILES string of the molecule is C=C1CCC2C(C)(C)CCCC2(C)C1CC/C(C)=C\COPP.CC(C)C1=CC2=CCC3C(C)(C)CCCC3(C)C2CC1. The predicted molar refractivity (Wildman–Crippen MR) is 196 cm³/mol. The molecule has 5 aliphatic rings. The van der Waals surface area contributed by atoms with E-state index in [0.29, 0.717) is 36.1 Å². The Kier molecular flexibility index (Phi) is 11.8. The summed E-state index contributed by atoms with van der Waals surface area (Å²) >= 11 is 0. The van der Waals surface area contributed by atoms with E-state index in [1.165, 1.54) is 94.6 Å². The van der Waals surface area contributed by atoms with Crippen molar-refractivity contribution in [2.24, 2.45) is 51.2 Å². The first-order valence-electron chi connectivity index (χ1n) is 18.0. The van der Waals surface area contributed by atoms with Crippen molar-refractivity contribution in [3.8, 4) is 0 Å². The van der Waals surface area contributed by atoms with Crippen molar-refractivity contribution >= 4 is 17.4 Å². The van der Waals surface area contributed by atoms with Crippen molar-refractivity contribution < 1.29 is 4.52 Å². The van der Waals surface area contributed by atoms with E-state index in [1.807, 2.05) is 0 Å². The lowest BCUT2D eigenvalue weighted by Gasteiger charge is -2.58. The smallest absolute Gasteiger partial charge is 0.0693 e. The zero-order valence-corrected chi connectivity index (χ0v) is 31.9. The molecule has 0 saturated heterocycles. The number of hydrogen-bond acceptors (Lipinski definition) is 1. The average molecular weight is 627 g/mol. The summed E-state index contributed by atoms with van der Waals surface area (Å²) in [5.74, 6) is 4.03. The highest BCUT2D eigenvalue weighted by Crippen LogP contribution is 2.63. The highest BCUT2D eigenvalue weighted by Gasteiger charge is 2.53. The molecule has 0 amide bonds. The van der Waals surface area contributed by atoms with Gasteiger partial charge in [0.25, 0.3) is 0 Å². The summed E-state index contributed by atoms with van der Waals surface area (Å²) in [5.41, 5.74) is 8.45. The molecule has 0 aromatic rings. The monoisotopic (exact) mass is 626 g/mol. The molecule has 0 aromatic heterocycles. The molecular formula is C40H68OP2. The standard InChI is InChI=1S/C20H36OP2.C20H32/c1-15(11-14-21-23-22)7-9-17-16(2)8-10-18-19(3,4)12-6-13-20(17,18)5;1-14(2)15-7-9-17-16(13-15)8-10-18-19(3,4)11-6-12-20(17,18)5/h11,17-18,23H,2,6-10,12-14,22H2,1,3-5H3;8,13-14,17-18H,6-7,9-12H2,1-5H3/b15-11-;. The molecule has 3 fully saturated rings. The Bertz CT molecular complexity index is 1080. The van der Waals surface area contributed by atoms with Crippen molar-refractivity contribution in [1.29, 1.82) is 0 Å². The van der Waals surface area contributed by atoms with Crippen LogP contribution in [-0.4, -0.2) is 6.61 Å². The largest absolute Gasteiger partial charge is 0.354 e. The highest BCUT2D eigenvalue weighted by atomic mass is 32.0. The van der Waals surface area contributed by atoms with Gasteiger partial charge in [0, 0.05) is 8.50 Å². The third kappa shape index (κ3) is 7.68. The second-order valence-electron chi connectivity index (χ2n) is 17.5. The van der Waals surface area contributed by atoms with Gasteiger partial charge < -0.3 is 4.52 Å². The number of hydrogen-bond donors (Lipinski definition) is 0. The van der Waals surface area contributed by atoms with E-state index < -0.39 is 0 Å². The summed E-state index contributed by atoms with van der Waals surface area (Å²) in [7, 11) is 3.14. The molecule has 0 spiro atoms. The Morgan fingerprint density at radius 1 is 0.977 bits per heavy atom. The van der Waals surface area contributed by atoms with Crippen LogP contribution in [0.1, 0.15) is 146 Å². The Hall–Kier alpha value is -0.220. The second-order valence-corrected chi connectivity index (χ2v) is 18.7. The maximum atomic E-state index is 5.45. The summed E-state index contributed by atoms with van der Waals surface area (Å²) in [5, 5.41) is 0. The second kappa shape index (κ2) is 14.3. The van der Waals surface area contributed by atoms with Gasteiger partial charge in [-0.3, -0.25) is 0 Å². The van der Waals surface area contributed by atoms with Crippen LogP contribution < -0.4 is 0 Å². The van der Waals surface area contributed by atoms with Gasteiger partial charge >= 0.3 is 0 Å². The molecule has 244 valence electrons. The molecule has 0 aromatic carbocycles. The van der Waals surface area contributed by atoms with Gasteiger partial charge in [-0.1, -0.05) is 119 Å². The first kappa shape index (κ1) is 35.6. The van der Waals surface area contributed by atoms with E-state index in [-0.39, 0.29) is 0 Å². The molecule has 0 bridgehead atoms. The van der Waals surface area contributed by atoms with E-state index >= 15 is 0 Å². The van der Waals surface area contributed by atoms with Gasteiger partial charge in [-0.25, -0.2) is 0 Å². The first-order valence-corrected chi connectivity index (χ1v) is 20.7. The van der Waals surface area contributed by atoms with E-state index in [4.69, 9.17) is 4.52 Å². The number of allylic oxidation sites excluding steroid dienone is 6. The van der Waals surface area contributed by atoms with E-state index in [0.717, 1.165) is 30.3 Å². The molecule has 1 nitrogen and oxygen atoms in total. The molecule has 3 saturated carbocycles. The quantitative estimate of drug-likeness (QED) is 0.155. The minimum Gasteiger partial charge on any atom is -0.354 e. The van der Waals surface area contributed by atoms with Crippen LogP contribution in [0.25, 0.3) is 0 Å². The molecule has 5 rings (SSSR count). The summed E-state index contributed by atoms with van der Waals surface area (Å²) in [6.45, 7) is 27.4. The van der Waals surface area contributed by atoms with Crippen LogP contribution in [0.15, 0.2) is 47.1 Å². The van der Waals surface area contributed by atoms with Gasteiger partial charge in [0.05, 0.1) is 6.61 Å². The Balaban J connectivity index is 0.000000198. The third-order valence-electron chi connectivity index (χ3n) is 13.6. The maximum Gasteiger partial charge on any atom is 0.0693 e. The molecule has 8 atom stereocenters. The van der Waals surface area contributed by atoms with Crippen LogP contribution in [0.3, 0.4) is 0 Å². The van der Waals surface area contributed by atoms with E-state index in [9.17, 15) is 0 Å². The van der Waals surface area contributed by atoms with Crippen LogP contribution in [0.2, 0.25) is 0 Å². The number of fused-ring (bicyclic) bond motifs is 4. The molecular weight excluding hydrogens is 558 g/mol. The summed E-state index contributed by atoms with van der Waals surface area (Å²) in [4.78, 5) is 0. The predicted octanol–water partition coefficient (Wildman–Crippen LogP) is 13.1. The third-order valence-corrected chi connectivity index (χ3v) is 14.5. The van der Waals surface area contributed by atoms with Crippen LogP contribution in [0.4, 0.5) is 0 Å². The molecule has 8 unspecified atom stereocenters. The van der Waals surface area contributed by atoms with Crippen molar-refractivity contribution in [2.75, 3.05) is 6.61 Å². The van der Waals surface area contributed by atoms with Crippen LogP contribution in [0, 0.1) is 51.2 Å². The van der Waals surface area contributed by atoms with Gasteiger partial charge in [0.2, 0.25) is 0 Å². The van der Waals surface area contributed by atoms with Crippen molar-refractivity contribution in [1.82, 2.24) is 0 Å². The van der Waals surface area contributed by atoms with Gasteiger partial charge in [0.15, 0.2) is 0 Å². The molecule has 0 aliphatic heterocycles. The van der Waals surface area contributed by atoms with Crippen LogP contribution >= 0.6 is 17.4 Å². The Morgan fingerprint density at radius 2 is 1.63 bits per heavy atom. The van der Waals surface area contributed by atoms with Crippen molar-refractivity contribution in [2.45, 2.75) is 146 Å². The van der Waals surface area contributed by atoms with Crippen LogP contribution in [0.5, 0.6) is 0 Å². The Morgan fingerprint density at radius 3 is 2.28 bits per heavy atom. The van der Waals surface area contributed by atoms with Crippen molar-refractivity contribution in [3.63, 3.8) is 0 Å². The van der Waals surface area contributed by atoms with Crippen molar-refractivity contribution in [3.05, 3.63) is 47.1 Å². The van der Waals surface area contributed by atoms with Gasteiger partial charge in [-0.05, 0) is 134 Å². The van der Waals surface area contributed by atoms with E-state index in [2.05, 4.69) is 96.0 Å².